The molecule has 0 unspecified atom stereocenters. The number of cyclic esters (lactones) is 1. The van der Waals surface area contributed by atoms with Gasteiger partial charge in [-0.05, 0) is 36.2 Å². The molecule has 0 aromatic heterocycles. The van der Waals surface area contributed by atoms with Crippen LogP contribution in [0.5, 0.6) is 0 Å². The Balaban J connectivity index is 1.60. The van der Waals surface area contributed by atoms with Gasteiger partial charge >= 0.3 is 17.9 Å². The number of fused-ring (bicyclic) bond motifs is 2. The number of carbonyl (C=O) groups excluding carboxylic acids is 3. The van der Waals surface area contributed by atoms with Gasteiger partial charge in [0.25, 0.3) is 0 Å². The van der Waals surface area contributed by atoms with Crippen molar-refractivity contribution in [2.45, 2.75) is 25.6 Å². The molecule has 3 aromatic carbocycles. The molecule has 0 bridgehead atoms. The van der Waals surface area contributed by atoms with Crippen molar-refractivity contribution in [2.24, 2.45) is 5.73 Å². The Kier molecular flexibility index (Phi) is 6.77. The number of nitrogens with one attached hydrogen (secondary N) is 1. The molecular formula is C29H23BrN2O6. The Morgan fingerprint density at radius 2 is 1.45 bits per heavy atom. The molecule has 0 aliphatic carbocycles. The van der Waals surface area contributed by atoms with Gasteiger partial charge in [0.1, 0.15) is 35.9 Å². The Hall–Kier alpha value is -4.37. The molecule has 38 heavy (non-hydrogen) atoms. The second-order valence-electron chi connectivity index (χ2n) is 8.80. The number of ether oxygens (including phenoxy) is 3. The van der Waals surface area contributed by atoms with E-state index in [0.29, 0.717) is 15.7 Å². The SMILES string of the molecule is CC1=C(C(=O)OCc2ccccc2)[C@@]2(C(=O)O1)C(C(=O)OCc1ccccc1)=C(N)Nc1ccc(Br)cc12. The fourth-order valence-electron chi connectivity index (χ4n) is 4.73. The lowest BCUT2D eigenvalue weighted by molar-refractivity contribution is -0.148. The van der Waals surface area contributed by atoms with E-state index in [9.17, 15) is 14.4 Å². The van der Waals surface area contributed by atoms with Crippen molar-refractivity contribution in [2.75, 3.05) is 5.32 Å². The van der Waals surface area contributed by atoms with Crippen LogP contribution < -0.4 is 11.1 Å². The highest BCUT2D eigenvalue weighted by Gasteiger charge is 2.63. The van der Waals surface area contributed by atoms with Crippen LogP contribution in [0.15, 0.2) is 106 Å². The fraction of sp³-hybridized carbons (Fsp3) is 0.138. The van der Waals surface area contributed by atoms with E-state index in [1.807, 2.05) is 48.5 Å². The standard InChI is InChI=1S/C29H23BrN2O6/c1-17-23(26(33)36-15-18-8-4-2-5-9-18)29(28(35)38-17)21-14-20(30)12-13-22(21)32-25(31)24(29)27(34)37-16-19-10-6-3-7-11-19/h2-14,32H,15-16,31H2,1H3/t29-/m1/s1. The molecule has 1 atom stereocenters. The Morgan fingerprint density at radius 3 is 2.03 bits per heavy atom. The highest BCUT2D eigenvalue weighted by Crippen LogP contribution is 2.53. The summed E-state index contributed by atoms with van der Waals surface area (Å²) >= 11 is 3.43. The van der Waals surface area contributed by atoms with Crippen LogP contribution in [0.1, 0.15) is 23.6 Å². The van der Waals surface area contributed by atoms with E-state index in [0.717, 1.165) is 11.1 Å². The summed E-state index contributed by atoms with van der Waals surface area (Å²) in [4.78, 5) is 41.0. The van der Waals surface area contributed by atoms with Crippen molar-refractivity contribution in [3.63, 3.8) is 0 Å². The van der Waals surface area contributed by atoms with Crippen molar-refractivity contribution in [3.05, 3.63) is 123 Å². The molecule has 2 heterocycles. The number of hydrogen-bond donors (Lipinski definition) is 2. The lowest BCUT2D eigenvalue weighted by Gasteiger charge is -2.36. The highest BCUT2D eigenvalue weighted by atomic mass is 79.9. The Labute approximate surface area is 227 Å². The molecular weight excluding hydrogens is 552 g/mol. The first-order chi connectivity index (χ1) is 18.3. The normalized spacial score (nSPS) is 18.1. The van der Waals surface area contributed by atoms with Crippen LogP contribution in [0.25, 0.3) is 0 Å². The van der Waals surface area contributed by atoms with Crippen LogP contribution in [0, 0.1) is 0 Å². The lowest BCUT2D eigenvalue weighted by atomic mass is 9.67. The molecule has 5 rings (SSSR count). The number of allylic oxidation sites excluding steroid dienone is 1. The molecule has 192 valence electrons. The summed E-state index contributed by atoms with van der Waals surface area (Å²) in [5.74, 6) is -2.65. The van der Waals surface area contributed by atoms with Crippen molar-refractivity contribution in [1.82, 2.24) is 0 Å². The van der Waals surface area contributed by atoms with E-state index < -0.39 is 23.3 Å². The van der Waals surface area contributed by atoms with Crippen molar-refractivity contribution < 1.29 is 28.6 Å². The average molecular weight is 575 g/mol. The summed E-state index contributed by atoms with van der Waals surface area (Å²) in [5, 5.41) is 2.97. The largest absolute Gasteiger partial charge is 0.457 e. The van der Waals surface area contributed by atoms with Crippen molar-refractivity contribution >= 4 is 39.5 Å². The first kappa shape index (κ1) is 25.3. The molecule has 0 amide bonds. The second-order valence-corrected chi connectivity index (χ2v) is 9.71. The van der Waals surface area contributed by atoms with Gasteiger partial charge in [-0.3, -0.25) is 0 Å². The predicted molar refractivity (Wildman–Crippen MR) is 142 cm³/mol. The third-order valence-corrected chi connectivity index (χ3v) is 6.91. The van der Waals surface area contributed by atoms with Crippen LogP contribution in [-0.4, -0.2) is 17.9 Å². The van der Waals surface area contributed by atoms with E-state index in [1.165, 1.54) is 6.92 Å². The topological polar surface area (TPSA) is 117 Å². The van der Waals surface area contributed by atoms with Gasteiger partial charge in [0.05, 0.1) is 0 Å². The van der Waals surface area contributed by atoms with E-state index in [-0.39, 0.29) is 35.9 Å². The van der Waals surface area contributed by atoms with E-state index >= 15 is 0 Å². The summed E-state index contributed by atoms with van der Waals surface area (Å²) in [5.41, 5.74) is 6.23. The number of rotatable bonds is 6. The maximum atomic E-state index is 13.7. The predicted octanol–water partition coefficient (Wildman–Crippen LogP) is 4.60. The number of benzene rings is 3. The average Bonchev–Trinajstić information content (AvgIpc) is 3.17. The van der Waals surface area contributed by atoms with Crippen LogP contribution in [-0.2, 0) is 47.2 Å². The maximum Gasteiger partial charge on any atom is 0.339 e. The van der Waals surface area contributed by atoms with Crippen LogP contribution in [0.3, 0.4) is 0 Å². The zero-order valence-electron chi connectivity index (χ0n) is 20.3. The monoisotopic (exact) mass is 574 g/mol. The first-order valence-electron chi connectivity index (χ1n) is 11.8. The smallest absolute Gasteiger partial charge is 0.339 e. The number of carbonyl (C=O) groups is 3. The van der Waals surface area contributed by atoms with Gasteiger partial charge in [0, 0.05) is 15.7 Å². The van der Waals surface area contributed by atoms with E-state index in [4.69, 9.17) is 19.9 Å². The third-order valence-electron chi connectivity index (χ3n) is 6.41. The van der Waals surface area contributed by atoms with Gasteiger partial charge in [-0.2, -0.15) is 0 Å². The molecule has 1 spiro atoms. The van der Waals surface area contributed by atoms with Crippen molar-refractivity contribution in [1.29, 1.82) is 0 Å². The highest BCUT2D eigenvalue weighted by molar-refractivity contribution is 9.10. The Bertz CT molecular complexity index is 1500. The zero-order valence-corrected chi connectivity index (χ0v) is 21.9. The van der Waals surface area contributed by atoms with E-state index in [1.54, 1.807) is 30.3 Å². The first-order valence-corrected chi connectivity index (χ1v) is 12.5. The van der Waals surface area contributed by atoms with Gasteiger partial charge in [-0.25, -0.2) is 14.4 Å². The summed E-state index contributed by atoms with van der Waals surface area (Å²) < 4.78 is 17.4. The van der Waals surface area contributed by atoms with Gasteiger partial charge < -0.3 is 25.3 Å². The van der Waals surface area contributed by atoms with Crippen LogP contribution >= 0.6 is 15.9 Å². The Morgan fingerprint density at radius 1 is 0.895 bits per heavy atom. The minimum atomic E-state index is -2.00. The van der Waals surface area contributed by atoms with Crippen molar-refractivity contribution in [3.8, 4) is 0 Å². The molecule has 9 heteroatoms. The number of nitrogens with two attached hydrogens (primary N) is 1. The molecule has 0 saturated heterocycles. The van der Waals surface area contributed by atoms with Gasteiger partial charge in [-0.15, -0.1) is 0 Å². The maximum absolute atomic E-state index is 13.7. The molecule has 0 fully saturated rings. The third kappa shape index (κ3) is 4.35. The number of hydrogen-bond acceptors (Lipinski definition) is 8. The zero-order chi connectivity index (χ0) is 26.9. The molecule has 0 saturated carbocycles. The van der Waals surface area contributed by atoms with Crippen LogP contribution in [0.2, 0.25) is 0 Å². The quantitative estimate of drug-likeness (QED) is 0.324. The number of esters is 3. The van der Waals surface area contributed by atoms with E-state index in [2.05, 4.69) is 21.2 Å². The summed E-state index contributed by atoms with van der Waals surface area (Å²) in [7, 11) is 0. The molecule has 2 aliphatic rings. The molecule has 0 radical (unpaired) electrons. The van der Waals surface area contributed by atoms with Gasteiger partial charge in [0.15, 0.2) is 5.41 Å². The number of halogens is 1. The van der Waals surface area contributed by atoms with Crippen LogP contribution in [0.4, 0.5) is 5.69 Å². The molecule has 3 aromatic rings. The lowest BCUT2D eigenvalue weighted by Crippen LogP contribution is -2.47. The molecule has 8 nitrogen and oxygen atoms in total. The summed E-state index contributed by atoms with van der Waals surface area (Å²) in [6, 6.07) is 23.3. The molecule has 2 aliphatic heterocycles. The summed E-state index contributed by atoms with van der Waals surface area (Å²) in [6.07, 6.45) is 0. The fourth-order valence-corrected chi connectivity index (χ4v) is 5.10. The van der Waals surface area contributed by atoms with Gasteiger partial charge in [0.2, 0.25) is 0 Å². The summed E-state index contributed by atoms with van der Waals surface area (Å²) in [6.45, 7) is 1.37. The minimum absolute atomic E-state index is 0.0158. The van der Waals surface area contributed by atoms with Gasteiger partial charge in [-0.1, -0.05) is 76.6 Å². The minimum Gasteiger partial charge on any atom is -0.457 e. The molecule has 3 N–H and O–H groups in total. The second kappa shape index (κ2) is 10.2. The number of anilines is 1.